The van der Waals surface area contributed by atoms with Crippen molar-refractivity contribution in [3.05, 3.63) is 23.8 Å². The fraction of sp³-hybridized carbons (Fsp3) is 0.562. The van der Waals surface area contributed by atoms with E-state index >= 15 is 0 Å². The van der Waals surface area contributed by atoms with Crippen molar-refractivity contribution in [2.24, 2.45) is 0 Å². The molecule has 1 saturated carbocycles. The van der Waals surface area contributed by atoms with E-state index in [0.29, 0.717) is 17.0 Å². The van der Waals surface area contributed by atoms with E-state index in [4.69, 9.17) is 10.5 Å². The summed E-state index contributed by atoms with van der Waals surface area (Å²) in [6, 6.07) is 5.15. The molecule has 1 aliphatic rings. The zero-order valence-electron chi connectivity index (χ0n) is 12.8. The van der Waals surface area contributed by atoms with Gasteiger partial charge >= 0.3 is 0 Å². The average Bonchev–Trinajstić information content (AvgIpc) is 2.53. The van der Waals surface area contributed by atoms with Crippen LogP contribution in [0.15, 0.2) is 18.2 Å². The van der Waals surface area contributed by atoms with Gasteiger partial charge in [-0.05, 0) is 37.3 Å². The van der Waals surface area contributed by atoms with Crippen molar-refractivity contribution in [2.45, 2.75) is 36.9 Å². The summed E-state index contributed by atoms with van der Waals surface area (Å²) in [6.07, 6.45) is 8.32. The highest BCUT2D eigenvalue weighted by atomic mass is 32.2. The van der Waals surface area contributed by atoms with Crippen molar-refractivity contribution < 1.29 is 9.53 Å². The fourth-order valence-corrected chi connectivity index (χ4v) is 3.78. The lowest BCUT2D eigenvalue weighted by Gasteiger charge is -2.35. The summed E-state index contributed by atoms with van der Waals surface area (Å²) >= 11 is 1.88. The summed E-state index contributed by atoms with van der Waals surface area (Å²) in [4.78, 5) is 12.3. The van der Waals surface area contributed by atoms with Crippen LogP contribution in [0.2, 0.25) is 0 Å². The van der Waals surface area contributed by atoms with Crippen LogP contribution in [0, 0.1) is 0 Å². The Balaban J connectivity index is 1.99. The van der Waals surface area contributed by atoms with E-state index in [-0.39, 0.29) is 10.7 Å². The van der Waals surface area contributed by atoms with Crippen molar-refractivity contribution in [1.82, 2.24) is 5.32 Å². The lowest BCUT2D eigenvalue weighted by atomic mass is 9.88. The second-order valence-electron chi connectivity index (χ2n) is 5.59. The highest BCUT2D eigenvalue weighted by Crippen LogP contribution is 2.38. The van der Waals surface area contributed by atoms with Gasteiger partial charge in [0.05, 0.1) is 12.8 Å². The molecule has 5 heteroatoms. The molecule has 1 aromatic carbocycles. The summed E-state index contributed by atoms with van der Waals surface area (Å²) < 4.78 is 5.31. The quantitative estimate of drug-likeness (QED) is 0.821. The Labute approximate surface area is 130 Å². The van der Waals surface area contributed by atoms with Gasteiger partial charge in [-0.15, -0.1) is 0 Å². The molecule has 0 spiro atoms. The van der Waals surface area contributed by atoms with Gasteiger partial charge in [-0.25, -0.2) is 0 Å². The van der Waals surface area contributed by atoms with Gasteiger partial charge in [0.15, 0.2) is 0 Å². The van der Waals surface area contributed by atoms with Gasteiger partial charge in [0, 0.05) is 16.9 Å². The normalized spacial score (nSPS) is 17.2. The number of hydrogen-bond acceptors (Lipinski definition) is 4. The molecule has 0 unspecified atom stereocenters. The molecule has 2 rings (SSSR count). The van der Waals surface area contributed by atoms with Crippen LogP contribution in [0.5, 0.6) is 5.75 Å². The summed E-state index contributed by atoms with van der Waals surface area (Å²) in [7, 11) is 1.57. The number of anilines is 1. The number of thioether (sulfide) groups is 1. The number of carbonyl (C=O) groups is 1. The van der Waals surface area contributed by atoms with Gasteiger partial charge in [0.2, 0.25) is 0 Å². The summed E-state index contributed by atoms with van der Waals surface area (Å²) in [6.45, 7) is 0.721. The zero-order valence-corrected chi connectivity index (χ0v) is 13.6. The maximum atomic E-state index is 12.3. The maximum Gasteiger partial charge on any atom is 0.251 e. The number of amides is 1. The standard InChI is InChI=1S/C16H24N2O2S/c1-20-14-7-6-12(10-13(14)17)15(19)18-11-16(21-2)8-4-3-5-9-16/h6-7,10H,3-5,8-9,11,17H2,1-2H3,(H,18,19). The molecule has 1 amide bonds. The molecule has 116 valence electrons. The van der Waals surface area contributed by atoms with Gasteiger partial charge in [0.25, 0.3) is 5.91 Å². The Hall–Kier alpha value is -1.36. The SMILES string of the molecule is COc1ccc(C(=O)NCC2(SC)CCCCC2)cc1N. The molecule has 0 radical (unpaired) electrons. The van der Waals surface area contributed by atoms with Crippen LogP contribution in [-0.2, 0) is 0 Å². The minimum absolute atomic E-state index is 0.0663. The van der Waals surface area contributed by atoms with Crippen LogP contribution in [0.3, 0.4) is 0 Å². The predicted molar refractivity (Wildman–Crippen MR) is 89.1 cm³/mol. The first kappa shape index (κ1) is 16.0. The third-order valence-electron chi connectivity index (χ3n) is 4.26. The highest BCUT2D eigenvalue weighted by Gasteiger charge is 2.31. The number of nitrogens with two attached hydrogens (primary N) is 1. The van der Waals surface area contributed by atoms with Crippen LogP contribution in [-0.4, -0.2) is 30.6 Å². The lowest BCUT2D eigenvalue weighted by Crippen LogP contribution is -2.41. The van der Waals surface area contributed by atoms with Crippen LogP contribution in [0.4, 0.5) is 5.69 Å². The average molecular weight is 308 g/mol. The fourth-order valence-electron chi connectivity index (χ4n) is 2.87. The second-order valence-corrected chi connectivity index (χ2v) is 6.86. The Morgan fingerprint density at radius 2 is 2.10 bits per heavy atom. The molecular weight excluding hydrogens is 284 g/mol. The third kappa shape index (κ3) is 3.84. The van der Waals surface area contributed by atoms with Gasteiger partial charge in [-0.1, -0.05) is 19.3 Å². The molecule has 21 heavy (non-hydrogen) atoms. The minimum atomic E-state index is -0.0663. The molecule has 1 aliphatic carbocycles. The number of ether oxygens (including phenoxy) is 1. The number of benzene rings is 1. The molecule has 4 nitrogen and oxygen atoms in total. The van der Waals surface area contributed by atoms with Crippen molar-refractivity contribution in [2.75, 3.05) is 25.6 Å². The van der Waals surface area contributed by atoms with E-state index in [2.05, 4.69) is 11.6 Å². The number of nitrogens with one attached hydrogen (secondary N) is 1. The predicted octanol–water partition coefficient (Wildman–Crippen LogP) is 3.07. The Morgan fingerprint density at radius 3 is 2.67 bits per heavy atom. The van der Waals surface area contributed by atoms with E-state index < -0.39 is 0 Å². The number of nitrogen functional groups attached to an aromatic ring is 1. The van der Waals surface area contributed by atoms with E-state index in [1.165, 1.54) is 32.1 Å². The van der Waals surface area contributed by atoms with Gasteiger partial charge in [-0.2, -0.15) is 11.8 Å². The van der Waals surface area contributed by atoms with Gasteiger partial charge in [0.1, 0.15) is 5.75 Å². The summed E-state index contributed by atoms with van der Waals surface area (Å²) in [5.41, 5.74) is 6.92. The zero-order chi connectivity index (χ0) is 15.3. The number of methoxy groups -OCH3 is 1. The van der Waals surface area contributed by atoms with Gasteiger partial charge in [-0.3, -0.25) is 4.79 Å². The molecule has 0 heterocycles. The summed E-state index contributed by atoms with van der Waals surface area (Å²) in [5, 5.41) is 3.07. The minimum Gasteiger partial charge on any atom is -0.495 e. The third-order valence-corrected chi connectivity index (χ3v) is 5.68. The molecule has 0 aromatic heterocycles. The van der Waals surface area contributed by atoms with Crippen LogP contribution in [0.1, 0.15) is 42.5 Å². The van der Waals surface area contributed by atoms with Crippen molar-refractivity contribution in [1.29, 1.82) is 0 Å². The topological polar surface area (TPSA) is 64.3 Å². The first-order valence-electron chi connectivity index (χ1n) is 7.37. The van der Waals surface area contributed by atoms with Crippen molar-refractivity contribution in [3.8, 4) is 5.75 Å². The molecule has 0 aliphatic heterocycles. The molecule has 0 atom stereocenters. The summed E-state index contributed by atoms with van der Waals surface area (Å²) in [5.74, 6) is 0.530. The Morgan fingerprint density at radius 1 is 1.38 bits per heavy atom. The molecular formula is C16H24N2O2S. The van der Waals surface area contributed by atoms with E-state index in [1.54, 1.807) is 25.3 Å². The smallest absolute Gasteiger partial charge is 0.251 e. The second kappa shape index (κ2) is 7.07. The first-order chi connectivity index (χ1) is 10.1. The highest BCUT2D eigenvalue weighted by molar-refractivity contribution is 8.00. The number of rotatable bonds is 5. The monoisotopic (exact) mass is 308 g/mol. The van der Waals surface area contributed by atoms with E-state index in [9.17, 15) is 4.79 Å². The number of hydrogen-bond donors (Lipinski definition) is 2. The lowest BCUT2D eigenvalue weighted by molar-refractivity contribution is 0.0947. The van der Waals surface area contributed by atoms with E-state index in [0.717, 1.165) is 6.54 Å². The van der Waals surface area contributed by atoms with E-state index in [1.807, 2.05) is 11.8 Å². The maximum absolute atomic E-state index is 12.3. The van der Waals surface area contributed by atoms with Crippen LogP contribution >= 0.6 is 11.8 Å². The van der Waals surface area contributed by atoms with Crippen LogP contribution < -0.4 is 15.8 Å². The molecule has 1 aromatic rings. The van der Waals surface area contributed by atoms with Crippen LogP contribution in [0.25, 0.3) is 0 Å². The van der Waals surface area contributed by atoms with Crippen molar-refractivity contribution >= 4 is 23.4 Å². The Kier molecular flexibility index (Phi) is 5.39. The molecule has 0 bridgehead atoms. The molecule has 1 fully saturated rings. The van der Waals surface area contributed by atoms with Crippen molar-refractivity contribution in [3.63, 3.8) is 0 Å². The largest absolute Gasteiger partial charge is 0.495 e. The number of carbonyl (C=O) groups excluding carboxylic acids is 1. The molecule has 3 N–H and O–H groups in total. The van der Waals surface area contributed by atoms with Gasteiger partial charge < -0.3 is 15.8 Å². The Bertz CT molecular complexity index is 499. The first-order valence-corrected chi connectivity index (χ1v) is 8.59. The molecule has 0 saturated heterocycles.